The van der Waals surface area contributed by atoms with Crippen LogP contribution in [0.5, 0.6) is 0 Å². The highest BCUT2D eigenvalue weighted by Crippen LogP contribution is 2.53. The summed E-state index contributed by atoms with van der Waals surface area (Å²) in [4.78, 5) is 0. The normalized spacial score (nSPS) is 53.1. The Morgan fingerprint density at radius 3 is 1.79 bits per heavy atom. The summed E-state index contributed by atoms with van der Waals surface area (Å²) in [6, 6.07) is 0. The van der Waals surface area contributed by atoms with Crippen LogP contribution in [0.2, 0.25) is 0 Å². The maximum Gasteiger partial charge on any atom is 0.00516 e. The standard InChI is InChI=1S/C12H20S2/c13-11-5-8(7-1-2-7)3-4-9(11)10-6-12(10)14/h7-14H,1-6H2. The number of hydrogen-bond acceptors (Lipinski definition) is 2. The first-order valence-electron chi connectivity index (χ1n) is 6.12. The average molecular weight is 228 g/mol. The Hall–Kier alpha value is 0.700. The van der Waals surface area contributed by atoms with E-state index < -0.39 is 0 Å². The Bertz CT molecular complexity index is 224. The van der Waals surface area contributed by atoms with Crippen LogP contribution in [0, 0.1) is 23.7 Å². The fourth-order valence-corrected chi connectivity index (χ4v) is 4.46. The van der Waals surface area contributed by atoms with Crippen LogP contribution in [0.15, 0.2) is 0 Å². The monoisotopic (exact) mass is 228 g/mol. The largest absolute Gasteiger partial charge is 0.176 e. The molecule has 0 nitrogen and oxygen atoms in total. The lowest BCUT2D eigenvalue weighted by Crippen LogP contribution is -2.28. The topological polar surface area (TPSA) is 0 Å². The SMILES string of the molecule is SC1CC(C2CC2)CCC1C1CC1S. The highest BCUT2D eigenvalue weighted by Gasteiger charge is 2.46. The molecule has 0 aromatic carbocycles. The molecule has 80 valence electrons. The Kier molecular flexibility index (Phi) is 2.56. The van der Waals surface area contributed by atoms with Gasteiger partial charge in [-0.1, -0.05) is 0 Å². The Morgan fingerprint density at radius 1 is 0.643 bits per heavy atom. The minimum absolute atomic E-state index is 0.691. The van der Waals surface area contributed by atoms with E-state index in [1.54, 1.807) is 0 Å². The van der Waals surface area contributed by atoms with E-state index in [-0.39, 0.29) is 0 Å². The van der Waals surface area contributed by atoms with Gasteiger partial charge in [0.05, 0.1) is 0 Å². The lowest BCUT2D eigenvalue weighted by atomic mass is 9.77. The summed E-state index contributed by atoms with van der Waals surface area (Å²) in [5, 5.41) is 1.41. The van der Waals surface area contributed by atoms with Gasteiger partial charge in [0.25, 0.3) is 0 Å². The zero-order valence-corrected chi connectivity index (χ0v) is 10.4. The van der Waals surface area contributed by atoms with E-state index in [9.17, 15) is 0 Å². The third-order valence-corrected chi connectivity index (χ3v) is 5.74. The van der Waals surface area contributed by atoms with Gasteiger partial charge in [0.1, 0.15) is 0 Å². The zero-order valence-electron chi connectivity index (χ0n) is 8.60. The molecule has 0 aromatic heterocycles. The molecule has 0 amide bonds. The molecule has 5 unspecified atom stereocenters. The molecule has 2 heteroatoms. The van der Waals surface area contributed by atoms with Gasteiger partial charge in [0.2, 0.25) is 0 Å². The van der Waals surface area contributed by atoms with Gasteiger partial charge in [-0.25, -0.2) is 0 Å². The molecule has 0 N–H and O–H groups in total. The van der Waals surface area contributed by atoms with E-state index in [0.29, 0.717) is 10.5 Å². The second kappa shape index (κ2) is 3.62. The third-order valence-electron chi connectivity index (χ3n) is 4.55. The van der Waals surface area contributed by atoms with E-state index >= 15 is 0 Å². The van der Waals surface area contributed by atoms with E-state index in [4.69, 9.17) is 12.6 Å². The molecule has 0 aromatic rings. The predicted octanol–water partition coefficient (Wildman–Crippen LogP) is 3.43. The molecule has 0 saturated heterocycles. The Morgan fingerprint density at radius 2 is 1.29 bits per heavy atom. The second-order valence-electron chi connectivity index (χ2n) is 5.61. The maximum atomic E-state index is 4.82. The summed E-state index contributed by atoms with van der Waals surface area (Å²) in [7, 11) is 0. The first-order valence-corrected chi connectivity index (χ1v) is 7.15. The molecule has 5 atom stereocenters. The van der Waals surface area contributed by atoms with Crippen molar-refractivity contribution >= 4 is 25.3 Å². The van der Waals surface area contributed by atoms with Crippen molar-refractivity contribution in [2.45, 2.75) is 49.0 Å². The minimum atomic E-state index is 0.691. The van der Waals surface area contributed by atoms with Gasteiger partial charge in [-0.15, -0.1) is 0 Å². The van der Waals surface area contributed by atoms with Gasteiger partial charge < -0.3 is 0 Å². The lowest BCUT2D eigenvalue weighted by molar-refractivity contribution is 0.243. The second-order valence-corrected chi connectivity index (χ2v) is 6.94. The summed E-state index contributed by atoms with van der Waals surface area (Å²) in [5.41, 5.74) is 0. The molecule has 3 saturated carbocycles. The average Bonchev–Trinajstić information content (AvgIpc) is 2.99. The van der Waals surface area contributed by atoms with E-state index in [1.807, 2.05) is 0 Å². The van der Waals surface area contributed by atoms with Crippen molar-refractivity contribution in [3.05, 3.63) is 0 Å². The number of hydrogen-bond donors (Lipinski definition) is 2. The van der Waals surface area contributed by atoms with Gasteiger partial charge in [-0.2, -0.15) is 25.3 Å². The highest BCUT2D eigenvalue weighted by atomic mass is 32.1. The van der Waals surface area contributed by atoms with Crippen LogP contribution in [0.4, 0.5) is 0 Å². The van der Waals surface area contributed by atoms with E-state index in [2.05, 4.69) is 12.6 Å². The van der Waals surface area contributed by atoms with Crippen molar-refractivity contribution in [2.24, 2.45) is 23.7 Å². The number of rotatable bonds is 2. The van der Waals surface area contributed by atoms with Gasteiger partial charge in [0, 0.05) is 10.5 Å². The van der Waals surface area contributed by atoms with Crippen LogP contribution >= 0.6 is 25.3 Å². The molecule has 3 fully saturated rings. The van der Waals surface area contributed by atoms with Crippen LogP contribution < -0.4 is 0 Å². The smallest absolute Gasteiger partial charge is 0.00516 e. The molecule has 0 bridgehead atoms. The lowest BCUT2D eigenvalue weighted by Gasteiger charge is -2.34. The van der Waals surface area contributed by atoms with Crippen LogP contribution in [0.1, 0.15) is 38.5 Å². The van der Waals surface area contributed by atoms with Crippen molar-refractivity contribution in [3.63, 3.8) is 0 Å². The minimum Gasteiger partial charge on any atom is -0.176 e. The molecule has 0 aliphatic heterocycles. The number of thiol groups is 2. The molecular formula is C12H20S2. The summed E-state index contributed by atoms with van der Waals surface area (Å²) >= 11 is 9.39. The van der Waals surface area contributed by atoms with Gasteiger partial charge >= 0.3 is 0 Å². The maximum absolute atomic E-state index is 4.82. The van der Waals surface area contributed by atoms with E-state index in [0.717, 1.165) is 23.7 Å². The van der Waals surface area contributed by atoms with E-state index in [1.165, 1.54) is 38.5 Å². The van der Waals surface area contributed by atoms with Crippen molar-refractivity contribution in [3.8, 4) is 0 Å². The summed E-state index contributed by atoms with van der Waals surface area (Å²) in [6.07, 6.45) is 8.71. The predicted molar refractivity (Wildman–Crippen MR) is 67.2 cm³/mol. The molecule has 14 heavy (non-hydrogen) atoms. The summed E-state index contributed by atoms with van der Waals surface area (Å²) in [5.74, 6) is 3.94. The van der Waals surface area contributed by atoms with Crippen LogP contribution in [-0.4, -0.2) is 10.5 Å². The quantitative estimate of drug-likeness (QED) is 0.665. The fraction of sp³-hybridized carbons (Fsp3) is 1.00. The van der Waals surface area contributed by atoms with Crippen molar-refractivity contribution < 1.29 is 0 Å². The molecule has 0 heterocycles. The zero-order chi connectivity index (χ0) is 9.71. The summed E-state index contributed by atoms with van der Waals surface area (Å²) < 4.78 is 0. The first kappa shape index (κ1) is 9.89. The Balaban J connectivity index is 1.57. The molecule has 3 rings (SSSR count). The van der Waals surface area contributed by atoms with Crippen molar-refractivity contribution in [2.75, 3.05) is 0 Å². The fourth-order valence-electron chi connectivity index (χ4n) is 3.36. The first-order chi connectivity index (χ1) is 6.75. The van der Waals surface area contributed by atoms with Crippen LogP contribution in [0.3, 0.4) is 0 Å². The molecule has 3 aliphatic rings. The molecule has 0 spiro atoms. The van der Waals surface area contributed by atoms with Gasteiger partial charge in [-0.05, 0) is 62.2 Å². The highest BCUT2D eigenvalue weighted by molar-refractivity contribution is 7.81. The molecule has 3 aliphatic carbocycles. The Labute approximate surface area is 98.0 Å². The van der Waals surface area contributed by atoms with Gasteiger partial charge in [0.15, 0.2) is 0 Å². The van der Waals surface area contributed by atoms with Crippen LogP contribution in [0.25, 0.3) is 0 Å². The summed E-state index contributed by atoms with van der Waals surface area (Å²) in [6.45, 7) is 0. The van der Waals surface area contributed by atoms with Gasteiger partial charge in [-0.3, -0.25) is 0 Å². The third kappa shape index (κ3) is 1.84. The van der Waals surface area contributed by atoms with Crippen LogP contribution in [-0.2, 0) is 0 Å². The molecular weight excluding hydrogens is 208 g/mol. The molecule has 0 radical (unpaired) electrons. The van der Waals surface area contributed by atoms with Crippen molar-refractivity contribution in [1.82, 2.24) is 0 Å². The van der Waals surface area contributed by atoms with Crippen molar-refractivity contribution in [1.29, 1.82) is 0 Å².